The molecule has 3 N–H and O–H groups in total. The van der Waals surface area contributed by atoms with Crippen molar-refractivity contribution in [1.82, 2.24) is 4.90 Å². The molecule has 0 spiro atoms. The van der Waals surface area contributed by atoms with Crippen molar-refractivity contribution in [1.29, 1.82) is 5.41 Å². The summed E-state index contributed by atoms with van der Waals surface area (Å²) in [4.78, 5) is 1.97. The van der Waals surface area contributed by atoms with Crippen molar-refractivity contribution in [2.24, 2.45) is 5.73 Å². The third kappa shape index (κ3) is 7.49. The van der Waals surface area contributed by atoms with Crippen LogP contribution in [0.3, 0.4) is 0 Å². The van der Waals surface area contributed by atoms with Crippen LogP contribution in [0.5, 0.6) is 0 Å². The van der Waals surface area contributed by atoms with E-state index in [0.717, 1.165) is 0 Å². The number of hydrogen-bond donors (Lipinski definition) is 2. The zero-order valence-corrected chi connectivity index (χ0v) is 13.2. The standard InChI is InChI=1S/C12H27N3O3S/c1-12(2,3)19(16,17)10-8-15(7-9-18-4)6-5-11(13)14/h5-10H2,1-4H3,(H3,13,14). The molecule has 0 aliphatic carbocycles. The van der Waals surface area contributed by atoms with E-state index in [1.165, 1.54) is 0 Å². The first-order chi connectivity index (χ1) is 8.60. The molecule has 0 bridgehead atoms. The zero-order valence-electron chi connectivity index (χ0n) is 12.4. The summed E-state index contributed by atoms with van der Waals surface area (Å²) in [6, 6.07) is 0. The number of rotatable bonds is 9. The predicted octanol–water partition coefficient (Wildman–Crippen LogP) is 0.474. The van der Waals surface area contributed by atoms with Gasteiger partial charge in [0.25, 0.3) is 0 Å². The number of hydrogen-bond acceptors (Lipinski definition) is 5. The van der Waals surface area contributed by atoms with Crippen LogP contribution < -0.4 is 5.73 Å². The lowest BCUT2D eigenvalue weighted by molar-refractivity contribution is 0.152. The Morgan fingerprint density at radius 3 is 2.26 bits per heavy atom. The molecule has 7 heteroatoms. The van der Waals surface area contributed by atoms with Gasteiger partial charge in [0.1, 0.15) is 0 Å². The normalized spacial score (nSPS) is 12.9. The van der Waals surface area contributed by atoms with Gasteiger partial charge in [0, 0.05) is 33.2 Å². The Bertz CT molecular complexity index is 374. The van der Waals surface area contributed by atoms with Crippen LogP contribution in [0.25, 0.3) is 0 Å². The lowest BCUT2D eigenvalue weighted by Crippen LogP contribution is -2.39. The summed E-state index contributed by atoms with van der Waals surface area (Å²) in [7, 11) is -1.52. The number of nitrogens with two attached hydrogens (primary N) is 1. The summed E-state index contributed by atoms with van der Waals surface area (Å²) in [6.07, 6.45) is 0.444. The lowest BCUT2D eigenvalue weighted by atomic mass is 10.3. The molecule has 0 atom stereocenters. The summed E-state index contributed by atoms with van der Waals surface area (Å²) >= 11 is 0. The molecule has 19 heavy (non-hydrogen) atoms. The topological polar surface area (TPSA) is 96.5 Å². The highest BCUT2D eigenvalue weighted by atomic mass is 32.2. The van der Waals surface area contributed by atoms with Gasteiger partial charge in [-0.15, -0.1) is 0 Å². The molecule has 0 amide bonds. The van der Waals surface area contributed by atoms with Gasteiger partial charge in [-0.2, -0.15) is 0 Å². The first-order valence-electron chi connectivity index (χ1n) is 6.36. The van der Waals surface area contributed by atoms with Crippen LogP contribution in [-0.2, 0) is 14.6 Å². The van der Waals surface area contributed by atoms with Crippen LogP contribution in [0.4, 0.5) is 0 Å². The average molecular weight is 293 g/mol. The molecule has 0 saturated heterocycles. The maximum atomic E-state index is 12.0. The molecule has 0 rings (SSSR count). The Balaban J connectivity index is 4.44. The third-order valence-electron chi connectivity index (χ3n) is 2.92. The van der Waals surface area contributed by atoms with Crippen LogP contribution in [-0.4, -0.2) is 63.0 Å². The second kappa shape index (κ2) is 7.81. The number of nitrogens with zero attached hydrogens (tertiary/aromatic N) is 1. The Labute approximate surface area is 116 Å². The van der Waals surface area contributed by atoms with Crippen molar-refractivity contribution in [3.8, 4) is 0 Å². The van der Waals surface area contributed by atoms with E-state index < -0.39 is 14.6 Å². The molecular weight excluding hydrogens is 266 g/mol. The quantitative estimate of drug-likeness (QED) is 0.476. The van der Waals surface area contributed by atoms with Gasteiger partial charge in [0.2, 0.25) is 0 Å². The number of methoxy groups -OCH3 is 1. The van der Waals surface area contributed by atoms with Crippen molar-refractivity contribution in [3.05, 3.63) is 0 Å². The van der Waals surface area contributed by atoms with Crippen molar-refractivity contribution in [2.75, 3.05) is 39.1 Å². The maximum absolute atomic E-state index is 12.0. The van der Waals surface area contributed by atoms with Gasteiger partial charge in [0.15, 0.2) is 9.84 Å². The monoisotopic (exact) mass is 293 g/mol. The third-order valence-corrected chi connectivity index (χ3v) is 5.50. The molecule has 6 nitrogen and oxygen atoms in total. The fourth-order valence-electron chi connectivity index (χ4n) is 1.39. The van der Waals surface area contributed by atoms with E-state index in [4.69, 9.17) is 15.9 Å². The molecule has 0 aromatic heterocycles. The highest BCUT2D eigenvalue weighted by Crippen LogP contribution is 2.16. The van der Waals surface area contributed by atoms with Gasteiger partial charge in [-0.05, 0) is 20.8 Å². The molecule has 114 valence electrons. The van der Waals surface area contributed by atoms with E-state index in [1.54, 1.807) is 27.9 Å². The van der Waals surface area contributed by atoms with Gasteiger partial charge in [-0.1, -0.05) is 0 Å². The second-order valence-electron chi connectivity index (χ2n) is 5.54. The smallest absolute Gasteiger partial charge is 0.156 e. The van der Waals surface area contributed by atoms with Gasteiger partial charge < -0.3 is 10.5 Å². The minimum absolute atomic E-state index is 0.109. The summed E-state index contributed by atoms with van der Waals surface area (Å²) in [6.45, 7) is 7.32. The molecule has 0 aromatic carbocycles. The van der Waals surface area contributed by atoms with Crippen molar-refractivity contribution < 1.29 is 13.2 Å². The molecule has 0 aliphatic heterocycles. The maximum Gasteiger partial charge on any atom is 0.156 e. The van der Waals surface area contributed by atoms with Crippen LogP contribution in [0, 0.1) is 5.41 Å². The van der Waals surface area contributed by atoms with Crippen LogP contribution in [0.15, 0.2) is 0 Å². The molecule has 0 radical (unpaired) electrons. The van der Waals surface area contributed by atoms with E-state index in [2.05, 4.69) is 0 Å². The number of nitrogens with one attached hydrogen (secondary N) is 1. The SMILES string of the molecule is COCCN(CCC(=N)N)CCS(=O)(=O)C(C)(C)C. The summed E-state index contributed by atoms with van der Waals surface area (Å²) in [5, 5.41) is 7.22. The van der Waals surface area contributed by atoms with E-state index in [0.29, 0.717) is 32.7 Å². The van der Waals surface area contributed by atoms with Crippen LogP contribution in [0.2, 0.25) is 0 Å². The van der Waals surface area contributed by atoms with E-state index in [1.807, 2.05) is 4.90 Å². The highest BCUT2D eigenvalue weighted by molar-refractivity contribution is 7.92. The molecular formula is C12H27N3O3S. The van der Waals surface area contributed by atoms with Crippen molar-refractivity contribution in [2.45, 2.75) is 31.9 Å². The molecule has 0 saturated carbocycles. The highest BCUT2D eigenvalue weighted by Gasteiger charge is 2.28. The molecule has 0 aromatic rings. The molecule has 0 aliphatic rings. The Morgan fingerprint density at radius 2 is 1.84 bits per heavy atom. The average Bonchev–Trinajstić information content (AvgIpc) is 2.26. The van der Waals surface area contributed by atoms with Gasteiger partial charge in [-0.25, -0.2) is 8.42 Å². The van der Waals surface area contributed by atoms with E-state index in [-0.39, 0.29) is 11.6 Å². The Hall–Kier alpha value is -0.660. The van der Waals surface area contributed by atoms with Crippen molar-refractivity contribution in [3.63, 3.8) is 0 Å². The van der Waals surface area contributed by atoms with Gasteiger partial charge in [0.05, 0.1) is 22.9 Å². The largest absolute Gasteiger partial charge is 0.388 e. The Morgan fingerprint density at radius 1 is 1.26 bits per heavy atom. The molecule has 0 heterocycles. The number of amidine groups is 1. The van der Waals surface area contributed by atoms with E-state index >= 15 is 0 Å². The van der Waals surface area contributed by atoms with Gasteiger partial charge in [-0.3, -0.25) is 10.3 Å². The number of sulfone groups is 1. The fourth-order valence-corrected chi connectivity index (χ4v) is 2.50. The first kappa shape index (κ1) is 18.3. The second-order valence-corrected chi connectivity index (χ2v) is 8.40. The summed E-state index contributed by atoms with van der Waals surface area (Å²) < 4.78 is 28.4. The van der Waals surface area contributed by atoms with Crippen LogP contribution in [0.1, 0.15) is 27.2 Å². The van der Waals surface area contributed by atoms with E-state index in [9.17, 15) is 8.42 Å². The zero-order chi connectivity index (χ0) is 15.1. The molecule has 0 fully saturated rings. The summed E-state index contributed by atoms with van der Waals surface area (Å²) in [5.74, 6) is 0.221. The first-order valence-corrected chi connectivity index (χ1v) is 8.02. The Kier molecular flexibility index (Phi) is 7.54. The minimum Gasteiger partial charge on any atom is -0.388 e. The van der Waals surface area contributed by atoms with Crippen LogP contribution >= 0.6 is 0 Å². The van der Waals surface area contributed by atoms with Gasteiger partial charge >= 0.3 is 0 Å². The predicted molar refractivity (Wildman–Crippen MR) is 78.4 cm³/mol. The summed E-state index contributed by atoms with van der Waals surface area (Å²) in [5.41, 5.74) is 5.33. The van der Waals surface area contributed by atoms with Crippen molar-refractivity contribution >= 4 is 15.7 Å². The number of ether oxygens (including phenoxy) is 1. The molecule has 0 unspecified atom stereocenters. The fraction of sp³-hybridized carbons (Fsp3) is 0.917. The minimum atomic E-state index is -3.12. The lowest BCUT2D eigenvalue weighted by Gasteiger charge is -2.25.